The summed E-state index contributed by atoms with van der Waals surface area (Å²) in [5.74, 6) is 1.14. The van der Waals surface area contributed by atoms with Gasteiger partial charge in [0.15, 0.2) is 0 Å². The number of rotatable bonds is 12. The maximum atomic E-state index is 13.7. The number of hydrogen-bond acceptors (Lipinski definition) is 8. The van der Waals surface area contributed by atoms with Gasteiger partial charge in [-0.2, -0.15) is 4.39 Å². The highest BCUT2D eigenvalue weighted by atomic mass is 32.2. The summed E-state index contributed by atoms with van der Waals surface area (Å²) in [4.78, 5) is 30.7. The van der Waals surface area contributed by atoms with Crippen LogP contribution in [0.4, 0.5) is 10.1 Å². The zero-order valence-electron chi connectivity index (χ0n) is 27.5. The van der Waals surface area contributed by atoms with Gasteiger partial charge in [0.25, 0.3) is 0 Å². The highest BCUT2D eigenvalue weighted by Gasteiger charge is 2.58. The number of allylic oxidation sites excluding steroid dienone is 4. The monoisotopic (exact) mass is 650 g/mol. The number of fused-ring (bicyclic) bond motifs is 3. The van der Waals surface area contributed by atoms with Crippen LogP contribution in [-0.4, -0.2) is 53.4 Å². The maximum absolute atomic E-state index is 13.7. The second-order valence-electron chi connectivity index (χ2n) is 14.5. The lowest BCUT2D eigenvalue weighted by molar-refractivity contribution is -0.151. The molecule has 1 N–H and O–H groups in total. The van der Waals surface area contributed by atoms with Crippen molar-refractivity contribution in [2.45, 2.75) is 90.8 Å². The first-order valence-electron chi connectivity index (χ1n) is 16.8. The number of esters is 1. The molecule has 1 aromatic rings. The molecule has 0 radical (unpaired) electrons. The number of anilines is 1. The third kappa shape index (κ3) is 6.41. The van der Waals surface area contributed by atoms with Gasteiger partial charge in [0, 0.05) is 19.3 Å². The number of carbonyl (C=O) groups is 2. The highest BCUT2D eigenvalue weighted by molar-refractivity contribution is 7.99. The molecule has 2 heterocycles. The summed E-state index contributed by atoms with van der Waals surface area (Å²) in [6.07, 6.45) is 13.2. The molecule has 0 amide bonds. The first-order valence-corrected chi connectivity index (χ1v) is 17.9. The topological polar surface area (TPSA) is 89.0 Å². The standard InChI is InChI=1S/C37H47FN2O5S/c1-23-5-6-25-18-37(3)26(17-31(25)40(23)27-10-14-33(38)39-20-27)9-12-29-30(36(2,15-16-41)19-32(42)34(29)37)13-11-28(21-46-22-44-4)45-35(43)24-7-8-24/h6,10,14,16-17,20,24,28-30,32,34,42H,7-9,11-13,15,18-19,21-22H2,1-4H3/t28-,29-,30-,32-,34?,36-,37-/m0/s1. The lowest BCUT2D eigenvalue weighted by atomic mass is 9.45. The molecule has 0 bridgehead atoms. The molecule has 0 spiro atoms. The summed E-state index contributed by atoms with van der Waals surface area (Å²) >= 11 is 1.63. The molecule has 7 nitrogen and oxygen atoms in total. The average molecular weight is 651 g/mol. The number of halogens is 1. The largest absolute Gasteiger partial charge is 0.461 e. The number of carbonyl (C=O) groups excluding carboxylic acids is 2. The van der Waals surface area contributed by atoms with Crippen molar-refractivity contribution in [2.24, 2.45) is 34.5 Å². The minimum absolute atomic E-state index is 0.0305. The molecule has 7 atom stereocenters. The van der Waals surface area contributed by atoms with Crippen molar-refractivity contribution in [3.8, 4) is 0 Å². The minimum atomic E-state index is -0.537. The van der Waals surface area contributed by atoms with Crippen LogP contribution in [0.25, 0.3) is 0 Å². The second kappa shape index (κ2) is 13.4. The first kappa shape index (κ1) is 33.2. The Bertz CT molecular complexity index is 1460. The van der Waals surface area contributed by atoms with Crippen LogP contribution >= 0.6 is 11.8 Å². The summed E-state index contributed by atoms with van der Waals surface area (Å²) in [6, 6.07) is 3.13. The van der Waals surface area contributed by atoms with E-state index in [9.17, 15) is 19.1 Å². The van der Waals surface area contributed by atoms with Gasteiger partial charge < -0.3 is 24.3 Å². The Labute approximate surface area is 276 Å². The molecule has 46 heavy (non-hydrogen) atoms. The van der Waals surface area contributed by atoms with E-state index in [0.717, 1.165) is 73.9 Å². The molecule has 0 aromatic carbocycles. The fourth-order valence-electron chi connectivity index (χ4n) is 9.10. The number of nitrogens with zero attached hydrogens (tertiary/aromatic N) is 2. The van der Waals surface area contributed by atoms with Gasteiger partial charge in [0.1, 0.15) is 12.4 Å². The summed E-state index contributed by atoms with van der Waals surface area (Å²) < 4.78 is 25.0. The van der Waals surface area contributed by atoms with Crippen LogP contribution in [0.15, 0.2) is 58.8 Å². The van der Waals surface area contributed by atoms with E-state index in [1.165, 1.54) is 11.6 Å². The van der Waals surface area contributed by atoms with E-state index in [2.05, 4.69) is 41.6 Å². The quantitative estimate of drug-likeness (QED) is 0.0639. The Kier molecular flexibility index (Phi) is 9.69. The SMILES string of the molecule is COCSC[C@H](CC[C@H]1[C@@H]2CCC3=CC4=C(C=C=C(C)N4c4ccc(F)nc4)C[C@]3(C)C2[C@@H](O)C[C@]1(C)CC=O)OC(=O)C1CC1. The minimum Gasteiger partial charge on any atom is -0.461 e. The van der Waals surface area contributed by atoms with Crippen LogP contribution in [0.3, 0.4) is 0 Å². The van der Waals surface area contributed by atoms with Crippen molar-refractivity contribution in [3.63, 3.8) is 0 Å². The molecule has 9 heteroatoms. The van der Waals surface area contributed by atoms with Gasteiger partial charge in [-0.25, -0.2) is 4.98 Å². The molecule has 5 aliphatic rings. The number of aromatic nitrogens is 1. The van der Waals surface area contributed by atoms with Gasteiger partial charge in [-0.05, 0) is 117 Å². The lowest BCUT2D eigenvalue weighted by Gasteiger charge is -2.60. The molecule has 1 unspecified atom stereocenters. The highest BCUT2D eigenvalue weighted by Crippen LogP contribution is 2.64. The Hall–Kier alpha value is -2.71. The average Bonchev–Trinajstić information content (AvgIpc) is 3.86. The van der Waals surface area contributed by atoms with E-state index in [-0.39, 0.29) is 46.6 Å². The van der Waals surface area contributed by atoms with Crippen molar-refractivity contribution < 1.29 is 28.6 Å². The molecule has 1 aromatic heterocycles. The Morgan fingerprint density at radius 2 is 2.11 bits per heavy atom. The Morgan fingerprint density at radius 1 is 1.30 bits per heavy atom. The normalized spacial score (nSPS) is 32.5. The van der Waals surface area contributed by atoms with E-state index in [0.29, 0.717) is 24.5 Å². The van der Waals surface area contributed by atoms with Crippen molar-refractivity contribution >= 4 is 29.7 Å². The molecular weight excluding hydrogens is 603 g/mol. The number of methoxy groups -OCH3 is 1. The zero-order chi connectivity index (χ0) is 32.6. The van der Waals surface area contributed by atoms with Crippen LogP contribution < -0.4 is 4.90 Å². The van der Waals surface area contributed by atoms with E-state index >= 15 is 0 Å². The molecular formula is C37H47FN2O5S. The number of aliphatic hydroxyl groups is 1. The van der Waals surface area contributed by atoms with Crippen LogP contribution in [-0.2, 0) is 19.1 Å². The number of thioether (sulfide) groups is 1. The number of ether oxygens (including phenoxy) is 2. The van der Waals surface area contributed by atoms with E-state index in [4.69, 9.17) is 9.47 Å². The van der Waals surface area contributed by atoms with Gasteiger partial charge in [-0.1, -0.05) is 25.2 Å². The van der Waals surface area contributed by atoms with Crippen molar-refractivity contribution in [1.29, 1.82) is 0 Å². The van der Waals surface area contributed by atoms with Gasteiger partial charge >= 0.3 is 5.97 Å². The molecule has 248 valence electrons. The van der Waals surface area contributed by atoms with Crippen molar-refractivity contribution in [2.75, 3.05) is 23.7 Å². The Balaban J connectivity index is 1.28. The second-order valence-corrected chi connectivity index (χ2v) is 15.5. The van der Waals surface area contributed by atoms with Crippen molar-refractivity contribution in [1.82, 2.24) is 4.98 Å². The van der Waals surface area contributed by atoms with Gasteiger partial charge in [0.05, 0.1) is 41.2 Å². The fourth-order valence-corrected chi connectivity index (χ4v) is 9.86. The third-order valence-electron chi connectivity index (χ3n) is 11.4. The lowest BCUT2D eigenvalue weighted by Crippen LogP contribution is -2.57. The zero-order valence-corrected chi connectivity index (χ0v) is 28.3. The van der Waals surface area contributed by atoms with Crippen LogP contribution in [0.1, 0.15) is 78.6 Å². The summed E-state index contributed by atoms with van der Waals surface area (Å²) in [7, 11) is 1.67. The predicted molar refractivity (Wildman–Crippen MR) is 177 cm³/mol. The number of hydrogen-bond donors (Lipinski definition) is 1. The number of pyridine rings is 1. The van der Waals surface area contributed by atoms with E-state index < -0.39 is 12.1 Å². The molecule has 1 aliphatic heterocycles. The van der Waals surface area contributed by atoms with E-state index in [1.54, 1.807) is 31.1 Å². The van der Waals surface area contributed by atoms with E-state index in [1.807, 2.05) is 6.92 Å². The van der Waals surface area contributed by atoms with Gasteiger partial charge in [0.2, 0.25) is 5.95 Å². The molecule has 4 aliphatic carbocycles. The molecule has 6 rings (SSSR count). The fraction of sp³-hybridized carbons (Fsp3) is 0.622. The Morgan fingerprint density at radius 3 is 2.80 bits per heavy atom. The number of aliphatic hydroxyl groups excluding tert-OH is 1. The predicted octanol–water partition coefficient (Wildman–Crippen LogP) is 7.13. The molecule has 3 saturated carbocycles. The van der Waals surface area contributed by atoms with Crippen LogP contribution in [0, 0.1) is 40.4 Å². The van der Waals surface area contributed by atoms with Gasteiger partial charge in [-0.3, -0.25) is 4.79 Å². The van der Waals surface area contributed by atoms with Crippen molar-refractivity contribution in [3.05, 3.63) is 64.7 Å². The van der Waals surface area contributed by atoms with Crippen LogP contribution in [0.5, 0.6) is 0 Å². The van der Waals surface area contributed by atoms with Gasteiger partial charge in [-0.15, -0.1) is 11.8 Å². The molecule has 3 fully saturated rings. The number of aldehydes is 1. The first-order chi connectivity index (χ1) is 22.1. The summed E-state index contributed by atoms with van der Waals surface area (Å²) in [5.41, 5.74) is 8.09. The summed E-state index contributed by atoms with van der Waals surface area (Å²) in [6.45, 7) is 6.49. The molecule has 0 saturated heterocycles. The smallest absolute Gasteiger partial charge is 0.309 e. The summed E-state index contributed by atoms with van der Waals surface area (Å²) in [5, 5.41) is 12.0. The maximum Gasteiger partial charge on any atom is 0.309 e. The third-order valence-corrected chi connectivity index (χ3v) is 12.4. The van der Waals surface area contributed by atoms with Crippen LogP contribution in [0.2, 0.25) is 0 Å².